The van der Waals surface area contributed by atoms with Crippen LogP contribution in [-0.2, 0) is 12.8 Å². The van der Waals surface area contributed by atoms with Crippen molar-refractivity contribution in [3.8, 4) is 5.75 Å². The van der Waals surface area contributed by atoms with E-state index in [-0.39, 0.29) is 5.56 Å². The van der Waals surface area contributed by atoms with E-state index in [1.54, 1.807) is 12.1 Å². The molecule has 0 amide bonds. The first-order valence-corrected chi connectivity index (χ1v) is 18.9. The first-order chi connectivity index (χ1) is 23.3. The number of hydrogen-bond donors (Lipinski definition) is 2. The summed E-state index contributed by atoms with van der Waals surface area (Å²) in [5.74, 6) is -1.24. The lowest BCUT2D eigenvalue weighted by Crippen LogP contribution is -2.28. The van der Waals surface area contributed by atoms with Crippen molar-refractivity contribution in [1.82, 2.24) is 9.80 Å². The normalized spacial score (nSPS) is 11.7. The maximum absolute atomic E-state index is 13.2. The highest BCUT2D eigenvalue weighted by atomic mass is 16.5. The van der Waals surface area contributed by atoms with Crippen molar-refractivity contribution in [2.24, 2.45) is 0 Å². The number of rotatable bonds is 25. The second-order valence-corrected chi connectivity index (χ2v) is 13.4. The zero-order valence-corrected chi connectivity index (χ0v) is 30.5. The highest BCUT2D eigenvalue weighted by molar-refractivity contribution is 6.14. The van der Waals surface area contributed by atoms with Gasteiger partial charge in [-0.05, 0) is 149 Å². The maximum Gasteiger partial charge on any atom is 0.336 e. The van der Waals surface area contributed by atoms with Crippen LogP contribution in [0.15, 0.2) is 30.3 Å². The van der Waals surface area contributed by atoms with E-state index in [2.05, 4.69) is 43.6 Å². The third-order valence-electron chi connectivity index (χ3n) is 9.46. The highest BCUT2D eigenvalue weighted by Crippen LogP contribution is 2.39. The van der Waals surface area contributed by atoms with Gasteiger partial charge in [-0.15, -0.1) is 0 Å². The molecular formula is C41H62N2O5. The van der Waals surface area contributed by atoms with Gasteiger partial charge in [0.05, 0.1) is 17.7 Å². The molecule has 0 aliphatic carbocycles. The summed E-state index contributed by atoms with van der Waals surface area (Å²) in [6.07, 6.45) is 13.2. The lowest BCUT2D eigenvalue weighted by molar-refractivity contribution is 0.0684. The Morgan fingerprint density at radius 1 is 0.583 bits per heavy atom. The van der Waals surface area contributed by atoms with E-state index in [1.165, 1.54) is 25.7 Å². The molecule has 0 bridgehead atoms. The van der Waals surface area contributed by atoms with Gasteiger partial charge in [-0.3, -0.25) is 0 Å². The number of benzene rings is 3. The monoisotopic (exact) mass is 662 g/mol. The molecular weight excluding hydrogens is 600 g/mol. The molecule has 0 saturated heterocycles. The Morgan fingerprint density at radius 3 is 1.62 bits per heavy atom. The van der Waals surface area contributed by atoms with Gasteiger partial charge in [0.15, 0.2) is 0 Å². The van der Waals surface area contributed by atoms with E-state index in [9.17, 15) is 19.8 Å². The van der Waals surface area contributed by atoms with Gasteiger partial charge in [-0.25, -0.2) is 9.59 Å². The molecule has 3 rings (SSSR count). The predicted molar refractivity (Wildman–Crippen MR) is 200 cm³/mol. The predicted octanol–water partition coefficient (Wildman–Crippen LogP) is 9.85. The van der Waals surface area contributed by atoms with Gasteiger partial charge >= 0.3 is 11.9 Å². The molecule has 0 aliphatic heterocycles. The average Bonchev–Trinajstić information content (AvgIpc) is 3.08. The molecule has 3 aromatic rings. The Morgan fingerprint density at radius 2 is 1.12 bits per heavy atom. The van der Waals surface area contributed by atoms with Crippen LogP contribution in [-0.4, -0.2) is 77.8 Å². The van der Waals surface area contributed by atoms with E-state index >= 15 is 0 Å². The Bertz CT molecular complexity index is 1440. The number of unbranched alkanes of at least 4 members (excludes halogenated alkanes) is 4. The van der Waals surface area contributed by atoms with Crippen LogP contribution < -0.4 is 4.74 Å². The third-order valence-corrected chi connectivity index (χ3v) is 9.46. The molecule has 3 aromatic carbocycles. The van der Waals surface area contributed by atoms with Gasteiger partial charge in [0.2, 0.25) is 0 Å². The maximum atomic E-state index is 13.2. The average molecular weight is 663 g/mol. The molecule has 0 radical (unpaired) electrons. The minimum Gasteiger partial charge on any atom is -0.493 e. The second kappa shape index (κ2) is 21.0. The quantitative estimate of drug-likeness (QED) is 0.0873. The van der Waals surface area contributed by atoms with Crippen molar-refractivity contribution in [3.05, 3.63) is 52.6 Å². The largest absolute Gasteiger partial charge is 0.493 e. The number of fused-ring (bicyclic) bond motifs is 3. The lowest BCUT2D eigenvalue weighted by Gasteiger charge is -2.24. The first kappa shape index (κ1) is 39.3. The summed E-state index contributed by atoms with van der Waals surface area (Å²) in [5, 5.41) is 24.1. The van der Waals surface area contributed by atoms with Crippen LogP contribution in [0, 0.1) is 0 Å². The Kier molecular flexibility index (Phi) is 17.2. The first-order valence-electron chi connectivity index (χ1n) is 18.9. The van der Waals surface area contributed by atoms with Crippen LogP contribution in [0.25, 0.3) is 21.5 Å². The number of hydrogen-bond acceptors (Lipinski definition) is 5. The van der Waals surface area contributed by atoms with Crippen LogP contribution in [0.1, 0.15) is 137 Å². The van der Waals surface area contributed by atoms with Gasteiger partial charge in [0.25, 0.3) is 0 Å². The Balaban J connectivity index is 2.15. The summed E-state index contributed by atoms with van der Waals surface area (Å²) in [5.41, 5.74) is 2.40. The van der Waals surface area contributed by atoms with E-state index in [1.807, 2.05) is 19.1 Å². The molecule has 0 fully saturated rings. The molecule has 0 unspecified atom stereocenters. The fourth-order valence-corrected chi connectivity index (χ4v) is 6.75. The van der Waals surface area contributed by atoms with Gasteiger partial charge in [0, 0.05) is 5.39 Å². The SMILES string of the molecule is CCCCN(CCCC)CCCc1cc2c(cc(OCCC)c3cc(C(=O)O)ccc32)c(CCCN(CCCC)CCCC)c1C(=O)O. The summed E-state index contributed by atoms with van der Waals surface area (Å²) >= 11 is 0. The van der Waals surface area contributed by atoms with Crippen molar-refractivity contribution < 1.29 is 24.5 Å². The third kappa shape index (κ3) is 11.2. The Labute approximate surface area is 289 Å². The second-order valence-electron chi connectivity index (χ2n) is 13.4. The number of carboxylic acid groups (broad SMARTS) is 2. The number of aromatic carboxylic acids is 2. The fraction of sp³-hybridized carbons (Fsp3) is 0.610. The number of carbonyl (C=O) groups is 2. The molecule has 7 nitrogen and oxygen atoms in total. The standard InChI is InChI=1S/C41H62N2O5/c1-6-11-21-42(22-12-7-2)25-15-17-31-28-35-33-20-19-32(40(44)45)29-37(33)38(48-27-10-5)30-36(35)34(39(31)41(46)47)18-16-26-43(23-13-8-3)24-14-9-4/h19-20,28-30H,6-18,21-27H2,1-5H3,(H,44,45)(H,46,47). The van der Waals surface area contributed by atoms with E-state index < -0.39 is 11.9 Å². The molecule has 266 valence electrons. The molecule has 7 heteroatoms. The van der Waals surface area contributed by atoms with Crippen LogP contribution in [0.5, 0.6) is 5.75 Å². The van der Waals surface area contributed by atoms with Crippen LogP contribution in [0.3, 0.4) is 0 Å². The zero-order valence-electron chi connectivity index (χ0n) is 30.5. The van der Waals surface area contributed by atoms with Crippen molar-refractivity contribution in [3.63, 3.8) is 0 Å². The molecule has 48 heavy (non-hydrogen) atoms. The van der Waals surface area contributed by atoms with Crippen molar-refractivity contribution in [2.45, 2.75) is 118 Å². The topological polar surface area (TPSA) is 90.3 Å². The van der Waals surface area contributed by atoms with Crippen LogP contribution >= 0.6 is 0 Å². The number of ether oxygens (including phenoxy) is 1. The molecule has 0 aliphatic rings. The highest BCUT2D eigenvalue weighted by Gasteiger charge is 2.23. The summed E-state index contributed by atoms with van der Waals surface area (Å²) < 4.78 is 6.23. The number of nitrogens with zero attached hydrogens (tertiary/aromatic N) is 2. The molecule has 0 heterocycles. The smallest absolute Gasteiger partial charge is 0.336 e. The number of aryl methyl sites for hydroxylation is 2. The van der Waals surface area contributed by atoms with E-state index in [4.69, 9.17) is 4.74 Å². The van der Waals surface area contributed by atoms with Gasteiger partial charge in [0.1, 0.15) is 5.75 Å². The molecule has 0 spiro atoms. The molecule has 0 saturated carbocycles. The number of carboxylic acids is 2. The van der Waals surface area contributed by atoms with Crippen molar-refractivity contribution in [2.75, 3.05) is 45.9 Å². The van der Waals surface area contributed by atoms with E-state index in [0.29, 0.717) is 30.8 Å². The molecule has 2 N–H and O–H groups in total. The zero-order chi connectivity index (χ0) is 34.9. The van der Waals surface area contributed by atoms with E-state index in [0.717, 1.165) is 117 Å². The minimum absolute atomic E-state index is 0.212. The van der Waals surface area contributed by atoms with Gasteiger partial charge < -0.3 is 24.7 Å². The molecule has 0 atom stereocenters. The van der Waals surface area contributed by atoms with Gasteiger partial charge in [-0.2, -0.15) is 0 Å². The van der Waals surface area contributed by atoms with Crippen molar-refractivity contribution >= 4 is 33.5 Å². The lowest BCUT2D eigenvalue weighted by atomic mass is 9.87. The summed E-state index contributed by atoms with van der Waals surface area (Å²) in [6.45, 7) is 17.6. The summed E-state index contributed by atoms with van der Waals surface area (Å²) in [7, 11) is 0. The van der Waals surface area contributed by atoms with Gasteiger partial charge in [-0.1, -0.05) is 66.4 Å². The van der Waals surface area contributed by atoms with Crippen LogP contribution in [0.2, 0.25) is 0 Å². The molecule has 0 aromatic heterocycles. The minimum atomic E-state index is -0.979. The Hall–Kier alpha value is -3.16. The fourth-order valence-electron chi connectivity index (χ4n) is 6.75. The van der Waals surface area contributed by atoms with Crippen LogP contribution in [0.4, 0.5) is 0 Å². The summed E-state index contributed by atoms with van der Waals surface area (Å²) in [6, 6.07) is 9.28. The van der Waals surface area contributed by atoms with Crippen molar-refractivity contribution in [1.29, 1.82) is 0 Å². The summed E-state index contributed by atoms with van der Waals surface area (Å²) in [4.78, 5) is 30.2.